The Morgan fingerprint density at radius 2 is 2.12 bits per heavy atom. The van der Waals surface area contributed by atoms with Crippen LogP contribution in [0.3, 0.4) is 0 Å². The van der Waals surface area contributed by atoms with Gasteiger partial charge in [0, 0.05) is 12.1 Å². The van der Waals surface area contributed by atoms with E-state index in [0.717, 1.165) is 0 Å². The number of hydrogen-bond donors (Lipinski definition) is 2. The van der Waals surface area contributed by atoms with Gasteiger partial charge in [0.25, 0.3) is 0 Å². The van der Waals surface area contributed by atoms with Crippen molar-refractivity contribution in [2.24, 2.45) is 0 Å². The summed E-state index contributed by atoms with van der Waals surface area (Å²) in [5.74, 6) is -0.0768. The summed E-state index contributed by atoms with van der Waals surface area (Å²) in [6.45, 7) is 2.12. The molecule has 0 fully saturated rings. The second-order valence-electron chi connectivity index (χ2n) is 3.39. The highest BCUT2D eigenvalue weighted by molar-refractivity contribution is 6.42. The van der Waals surface area contributed by atoms with Crippen LogP contribution >= 0.6 is 23.2 Å². The lowest BCUT2D eigenvalue weighted by molar-refractivity contribution is 0.0948. The Kier molecular flexibility index (Phi) is 5.22. The van der Waals surface area contributed by atoms with E-state index in [1.54, 1.807) is 25.1 Å². The highest BCUT2D eigenvalue weighted by Crippen LogP contribution is 2.23. The molecule has 2 N–H and O–H groups in total. The average Bonchev–Trinajstić information content (AvgIpc) is 2.28. The molecule has 0 saturated heterocycles. The van der Waals surface area contributed by atoms with Crippen molar-refractivity contribution >= 4 is 29.0 Å². The Labute approximate surface area is 104 Å². The monoisotopic (exact) mass is 261 g/mol. The fourth-order valence-corrected chi connectivity index (χ4v) is 1.57. The van der Waals surface area contributed by atoms with Gasteiger partial charge < -0.3 is 10.4 Å². The number of halogens is 2. The predicted octanol–water partition coefficient (Wildman–Crippen LogP) is 2.15. The second kappa shape index (κ2) is 6.21. The number of Topliss-reactive ketones (excluding diaryl/α,β-unsaturated/α-hetero) is 1. The molecule has 0 aliphatic heterocycles. The molecule has 1 aromatic rings. The fraction of sp³-hybridized carbons (Fsp3) is 0.364. The van der Waals surface area contributed by atoms with E-state index in [4.69, 9.17) is 28.3 Å². The number of aliphatic hydroxyl groups is 1. The lowest BCUT2D eigenvalue weighted by atomic mass is 10.1. The van der Waals surface area contributed by atoms with E-state index in [1.165, 1.54) is 0 Å². The van der Waals surface area contributed by atoms with E-state index in [0.29, 0.717) is 22.2 Å². The Morgan fingerprint density at radius 3 is 2.69 bits per heavy atom. The first kappa shape index (κ1) is 13.5. The van der Waals surface area contributed by atoms with Crippen LogP contribution in [0.25, 0.3) is 0 Å². The molecular formula is C11H13Cl2NO2. The minimum Gasteiger partial charge on any atom is -0.395 e. The molecule has 0 radical (unpaired) electrons. The van der Waals surface area contributed by atoms with Gasteiger partial charge in [-0.25, -0.2) is 0 Å². The van der Waals surface area contributed by atoms with Crippen molar-refractivity contribution in [1.29, 1.82) is 0 Å². The lowest BCUT2D eigenvalue weighted by Crippen LogP contribution is -2.35. The maximum absolute atomic E-state index is 11.9. The minimum atomic E-state index is -0.357. The summed E-state index contributed by atoms with van der Waals surface area (Å²) in [7, 11) is 0. The van der Waals surface area contributed by atoms with Crippen LogP contribution in [-0.2, 0) is 0 Å². The molecule has 0 bridgehead atoms. The molecule has 0 amide bonds. The third-order valence-electron chi connectivity index (χ3n) is 2.16. The molecule has 16 heavy (non-hydrogen) atoms. The second-order valence-corrected chi connectivity index (χ2v) is 4.21. The van der Waals surface area contributed by atoms with E-state index in [-0.39, 0.29) is 18.4 Å². The maximum Gasteiger partial charge on any atom is 0.179 e. The van der Waals surface area contributed by atoms with Crippen molar-refractivity contribution in [3.8, 4) is 0 Å². The molecule has 1 unspecified atom stereocenters. The molecule has 1 aromatic carbocycles. The first-order chi connectivity index (χ1) is 7.56. The standard InChI is InChI=1S/C11H13Cl2NO2/c1-7(14-4-5-15)11(16)8-2-3-9(12)10(13)6-8/h2-3,6-7,14-15H,4-5H2,1H3. The number of nitrogens with one attached hydrogen (secondary N) is 1. The molecule has 0 saturated carbocycles. The van der Waals surface area contributed by atoms with Crippen molar-refractivity contribution < 1.29 is 9.90 Å². The van der Waals surface area contributed by atoms with Crippen molar-refractivity contribution in [3.63, 3.8) is 0 Å². The summed E-state index contributed by atoms with van der Waals surface area (Å²) >= 11 is 11.6. The van der Waals surface area contributed by atoms with Gasteiger partial charge in [-0.15, -0.1) is 0 Å². The van der Waals surface area contributed by atoms with E-state index in [9.17, 15) is 4.79 Å². The van der Waals surface area contributed by atoms with Crippen LogP contribution in [-0.4, -0.2) is 30.1 Å². The van der Waals surface area contributed by atoms with Gasteiger partial charge in [-0.05, 0) is 25.1 Å². The van der Waals surface area contributed by atoms with Gasteiger partial charge in [-0.3, -0.25) is 4.79 Å². The first-order valence-electron chi connectivity index (χ1n) is 4.89. The summed E-state index contributed by atoms with van der Waals surface area (Å²) in [6, 6.07) is 4.41. The summed E-state index contributed by atoms with van der Waals surface area (Å²) in [4.78, 5) is 11.9. The number of aliphatic hydroxyl groups excluding tert-OH is 1. The molecule has 0 heterocycles. The number of rotatable bonds is 5. The van der Waals surface area contributed by atoms with Gasteiger partial charge in [0.1, 0.15) is 0 Å². The molecule has 0 aliphatic carbocycles. The molecule has 0 spiro atoms. The Balaban J connectivity index is 2.76. The highest BCUT2D eigenvalue weighted by Gasteiger charge is 2.15. The Hall–Kier alpha value is -0.610. The van der Waals surface area contributed by atoms with Gasteiger partial charge >= 0.3 is 0 Å². The van der Waals surface area contributed by atoms with Crippen LogP contribution in [0.5, 0.6) is 0 Å². The smallest absolute Gasteiger partial charge is 0.179 e. The lowest BCUT2D eigenvalue weighted by Gasteiger charge is -2.12. The number of carbonyl (C=O) groups excluding carboxylic acids is 1. The van der Waals surface area contributed by atoms with Crippen LogP contribution in [0.4, 0.5) is 0 Å². The summed E-state index contributed by atoms with van der Waals surface area (Å²) in [5, 5.41) is 12.3. The molecule has 0 aliphatic rings. The Bertz CT molecular complexity index is 382. The highest BCUT2D eigenvalue weighted by atomic mass is 35.5. The molecule has 1 rings (SSSR count). The first-order valence-corrected chi connectivity index (χ1v) is 5.65. The number of hydrogen-bond acceptors (Lipinski definition) is 3. The maximum atomic E-state index is 11.9. The van der Waals surface area contributed by atoms with E-state index in [1.807, 2.05) is 0 Å². The van der Waals surface area contributed by atoms with Crippen LogP contribution in [0, 0.1) is 0 Å². The van der Waals surface area contributed by atoms with E-state index >= 15 is 0 Å². The van der Waals surface area contributed by atoms with Gasteiger partial charge in [0.15, 0.2) is 5.78 Å². The van der Waals surface area contributed by atoms with E-state index in [2.05, 4.69) is 5.32 Å². The summed E-state index contributed by atoms with van der Waals surface area (Å²) in [5.41, 5.74) is 0.507. The zero-order valence-electron chi connectivity index (χ0n) is 8.84. The normalized spacial score (nSPS) is 12.5. The van der Waals surface area contributed by atoms with Crippen LogP contribution < -0.4 is 5.32 Å². The van der Waals surface area contributed by atoms with Crippen molar-refractivity contribution in [2.45, 2.75) is 13.0 Å². The zero-order chi connectivity index (χ0) is 12.1. The molecule has 88 valence electrons. The third kappa shape index (κ3) is 3.46. The van der Waals surface area contributed by atoms with Crippen molar-refractivity contribution in [3.05, 3.63) is 33.8 Å². The van der Waals surface area contributed by atoms with Crippen LogP contribution in [0.1, 0.15) is 17.3 Å². The van der Waals surface area contributed by atoms with Gasteiger partial charge in [-0.2, -0.15) is 0 Å². The molecule has 5 heteroatoms. The van der Waals surface area contributed by atoms with Crippen LogP contribution in [0.2, 0.25) is 10.0 Å². The largest absolute Gasteiger partial charge is 0.395 e. The Morgan fingerprint density at radius 1 is 1.44 bits per heavy atom. The summed E-state index contributed by atoms with van der Waals surface area (Å²) < 4.78 is 0. The molecule has 1 atom stereocenters. The SMILES string of the molecule is CC(NCCO)C(=O)c1ccc(Cl)c(Cl)c1. The van der Waals surface area contributed by atoms with E-state index < -0.39 is 0 Å². The van der Waals surface area contributed by atoms with Crippen LogP contribution in [0.15, 0.2) is 18.2 Å². The average molecular weight is 262 g/mol. The third-order valence-corrected chi connectivity index (χ3v) is 2.90. The molecular weight excluding hydrogens is 249 g/mol. The quantitative estimate of drug-likeness (QED) is 0.799. The predicted molar refractivity (Wildman–Crippen MR) is 65.3 cm³/mol. The van der Waals surface area contributed by atoms with Crippen molar-refractivity contribution in [2.75, 3.05) is 13.2 Å². The zero-order valence-corrected chi connectivity index (χ0v) is 10.3. The topological polar surface area (TPSA) is 49.3 Å². The van der Waals surface area contributed by atoms with Gasteiger partial charge in [0.05, 0.1) is 22.7 Å². The minimum absolute atomic E-state index is 0.000998. The fourth-order valence-electron chi connectivity index (χ4n) is 1.27. The summed E-state index contributed by atoms with van der Waals surface area (Å²) in [6.07, 6.45) is 0. The van der Waals surface area contributed by atoms with Gasteiger partial charge in [0.2, 0.25) is 0 Å². The number of carbonyl (C=O) groups is 1. The number of ketones is 1. The van der Waals surface area contributed by atoms with Crippen molar-refractivity contribution in [1.82, 2.24) is 5.32 Å². The molecule has 0 aromatic heterocycles. The molecule has 3 nitrogen and oxygen atoms in total. The number of benzene rings is 1. The van der Waals surface area contributed by atoms with Gasteiger partial charge in [-0.1, -0.05) is 23.2 Å².